The lowest BCUT2D eigenvalue weighted by atomic mass is 10.1. The summed E-state index contributed by atoms with van der Waals surface area (Å²) in [7, 11) is 0. The molecule has 0 spiro atoms. The molecule has 0 aromatic carbocycles. The molecule has 16 heavy (non-hydrogen) atoms. The fourth-order valence-corrected chi connectivity index (χ4v) is 2.08. The summed E-state index contributed by atoms with van der Waals surface area (Å²) >= 11 is 0. The average molecular weight is 220 g/mol. The van der Waals surface area contributed by atoms with Crippen LogP contribution in [0.1, 0.15) is 18.5 Å². The predicted molar refractivity (Wildman–Crippen MR) is 56.5 cm³/mol. The molecule has 0 bridgehead atoms. The first-order valence-electron chi connectivity index (χ1n) is 5.16. The Labute approximate surface area is 91.7 Å². The molecule has 3 N–H and O–H groups in total. The molecule has 1 fully saturated rings. The van der Waals surface area contributed by atoms with Crippen molar-refractivity contribution in [2.45, 2.75) is 18.6 Å². The monoisotopic (exact) mass is 220 g/mol. The van der Waals surface area contributed by atoms with Crippen molar-refractivity contribution >= 4 is 11.3 Å². The highest BCUT2D eigenvalue weighted by atomic mass is 16.6. The third-order valence-corrected chi connectivity index (χ3v) is 2.88. The summed E-state index contributed by atoms with van der Waals surface area (Å²) < 4.78 is 6.94. The molecule has 3 heterocycles. The Kier molecular flexibility index (Phi) is 1.89. The number of nitrogen functional groups attached to an aromatic ring is 1. The summed E-state index contributed by atoms with van der Waals surface area (Å²) in [5, 5.41) is 14.4. The van der Waals surface area contributed by atoms with Gasteiger partial charge in [0.15, 0.2) is 5.82 Å². The first-order chi connectivity index (χ1) is 7.71. The first kappa shape index (κ1) is 9.56. The van der Waals surface area contributed by atoms with Crippen LogP contribution in [0.2, 0.25) is 0 Å². The molecule has 0 amide bonds. The van der Waals surface area contributed by atoms with Crippen LogP contribution in [0.3, 0.4) is 0 Å². The normalized spacial score (nSPS) is 25.3. The Morgan fingerprint density at radius 2 is 2.38 bits per heavy atom. The van der Waals surface area contributed by atoms with Crippen molar-refractivity contribution in [3.63, 3.8) is 0 Å². The van der Waals surface area contributed by atoms with E-state index in [0.29, 0.717) is 30.1 Å². The van der Waals surface area contributed by atoms with Gasteiger partial charge >= 0.3 is 0 Å². The van der Waals surface area contributed by atoms with Crippen LogP contribution < -0.4 is 5.73 Å². The quantitative estimate of drug-likeness (QED) is 0.720. The van der Waals surface area contributed by atoms with E-state index in [-0.39, 0.29) is 0 Å². The molecule has 0 saturated carbocycles. The number of hydrogen-bond donors (Lipinski definition) is 2. The van der Waals surface area contributed by atoms with E-state index in [2.05, 4.69) is 10.1 Å². The van der Waals surface area contributed by atoms with Gasteiger partial charge in [0.25, 0.3) is 0 Å². The van der Waals surface area contributed by atoms with E-state index in [0.717, 1.165) is 6.42 Å². The minimum atomic E-state index is -1.24. The van der Waals surface area contributed by atoms with Crippen LogP contribution in [0.25, 0.3) is 5.52 Å². The van der Waals surface area contributed by atoms with E-state index in [1.807, 2.05) is 0 Å². The number of ether oxygens (including phenoxy) is 1. The van der Waals surface area contributed by atoms with Crippen molar-refractivity contribution in [1.29, 1.82) is 0 Å². The molecule has 6 nitrogen and oxygen atoms in total. The number of aliphatic hydroxyl groups is 1. The van der Waals surface area contributed by atoms with E-state index in [4.69, 9.17) is 10.5 Å². The molecule has 0 aliphatic carbocycles. The highest BCUT2D eigenvalue weighted by Gasteiger charge is 2.37. The van der Waals surface area contributed by atoms with Crippen LogP contribution >= 0.6 is 0 Å². The van der Waals surface area contributed by atoms with Gasteiger partial charge in [-0.1, -0.05) is 0 Å². The van der Waals surface area contributed by atoms with Gasteiger partial charge < -0.3 is 15.6 Å². The van der Waals surface area contributed by atoms with Crippen LogP contribution in [0.4, 0.5) is 5.82 Å². The van der Waals surface area contributed by atoms with E-state index in [1.165, 1.54) is 6.33 Å². The van der Waals surface area contributed by atoms with Gasteiger partial charge in [-0.05, 0) is 18.6 Å². The highest BCUT2D eigenvalue weighted by Crippen LogP contribution is 2.34. The Balaban J connectivity index is 2.21. The fourth-order valence-electron chi connectivity index (χ4n) is 2.08. The number of nitrogens with two attached hydrogens (primary N) is 1. The summed E-state index contributed by atoms with van der Waals surface area (Å²) in [5.74, 6) is -0.851. The second kappa shape index (κ2) is 3.16. The largest absolute Gasteiger partial charge is 0.382 e. The van der Waals surface area contributed by atoms with Gasteiger partial charge in [0.1, 0.15) is 17.5 Å². The van der Waals surface area contributed by atoms with Crippen molar-refractivity contribution in [2.75, 3.05) is 12.3 Å². The Bertz CT molecular complexity index is 531. The fraction of sp³-hybridized carbons (Fsp3) is 0.400. The van der Waals surface area contributed by atoms with Crippen LogP contribution in [0.5, 0.6) is 0 Å². The SMILES string of the molecule is Nc1ncnn2c(C3(O)CCCO3)ccc12. The predicted octanol–water partition coefficient (Wildman–Crippen LogP) is 0.267. The van der Waals surface area contributed by atoms with Crippen LogP contribution in [0.15, 0.2) is 18.5 Å². The van der Waals surface area contributed by atoms with Gasteiger partial charge in [0.05, 0.1) is 6.61 Å². The van der Waals surface area contributed by atoms with Gasteiger partial charge in [-0.25, -0.2) is 9.50 Å². The topological polar surface area (TPSA) is 85.7 Å². The minimum absolute atomic E-state index is 0.392. The number of rotatable bonds is 1. The number of fused-ring (bicyclic) bond motifs is 1. The molecule has 84 valence electrons. The van der Waals surface area contributed by atoms with Gasteiger partial charge in [0.2, 0.25) is 5.79 Å². The summed E-state index contributed by atoms with van der Waals surface area (Å²) in [4.78, 5) is 3.89. The molecular formula is C10H12N4O2. The summed E-state index contributed by atoms with van der Waals surface area (Å²) in [6.45, 7) is 0.560. The zero-order valence-electron chi connectivity index (χ0n) is 8.63. The molecule has 1 saturated heterocycles. The van der Waals surface area contributed by atoms with Crippen molar-refractivity contribution in [2.24, 2.45) is 0 Å². The molecule has 1 aliphatic heterocycles. The van der Waals surface area contributed by atoms with Crippen LogP contribution in [-0.4, -0.2) is 26.3 Å². The molecular weight excluding hydrogens is 208 g/mol. The number of hydrogen-bond acceptors (Lipinski definition) is 5. The maximum Gasteiger partial charge on any atom is 0.209 e. The molecule has 6 heteroatoms. The minimum Gasteiger partial charge on any atom is -0.382 e. The highest BCUT2D eigenvalue weighted by molar-refractivity contribution is 5.65. The molecule has 1 unspecified atom stereocenters. The second-order valence-electron chi connectivity index (χ2n) is 3.90. The van der Waals surface area contributed by atoms with Gasteiger partial charge in [0, 0.05) is 6.42 Å². The van der Waals surface area contributed by atoms with Crippen molar-refractivity contribution in [3.05, 3.63) is 24.2 Å². The Hall–Kier alpha value is -1.66. The molecule has 0 radical (unpaired) electrons. The second-order valence-corrected chi connectivity index (χ2v) is 3.90. The Morgan fingerprint density at radius 1 is 1.50 bits per heavy atom. The molecule has 1 aliphatic rings. The average Bonchev–Trinajstić information content (AvgIpc) is 2.85. The van der Waals surface area contributed by atoms with Crippen LogP contribution in [0, 0.1) is 0 Å². The van der Waals surface area contributed by atoms with Crippen LogP contribution in [-0.2, 0) is 10.5 Å². The van der Waals surface area contributed by atoms with E-state index >= 15 is 0 Å². The van der Waals surface area contributed by atoms with Gasteiger partial charge in [-0.2, -0.15) is 5.10 Å². The molecule has 2 aromatic heterocycles. The summed E-state index contributed by atoms with van der Waals surface area (Å²) in [5.41, 5.74) is 7.00. The van der Waals surface area contributed by atoms with E-state index in [9.17, 15) is 5.11 Å². The maximum absolute atomic E-state index is 10.3. The first-order valence-corrected chi connectivity index (χ1v) is 5.16. The van der Waals surface area contributed by atoms with Gasteiger partial charge in [-0.15, -0.1) is 0 Å². The Morgan fingerprint density at radius 3 is 3.12 bits per heavy atom. The number of aromatic nitrogens is 3. The summed E-state index contributed by atoms with van der Waals surface area (Å²) in [6, 6.07) is 3.55. The molecule has 2 aromatic rings. The van der Waals surface area contributed by atoms with E-state index < -0.39 is 5.79 Å². The lowest BCUT2D eigenvalue weighted by molar-refractivity contribution is -0.182. The molecule has 1 atom stereocenters. The van der Waals surface area contributed by atoms with Crippen molar-refractivity contribution in [1.82, 2.24) is 14.6 Å². The number of nitrogens with zero attached hydrogens (tertiary/aromatic N) is 3. The van der Waals surface area contributed by atoms with Crippen molar-refractivity contribution < 1.29 is 9.84 Å². The van der Waals surface area contributed by atoms with E-state index in [1.54, 1.807) is 16.6 Å². The number of anilines is 1. The summed E-state index contributed by atoms with van der Waals surface area (Å²) in [6.07, 6.45) is 2.78. The third kappa shape index (κ3) is 1.20. The zero-order valence-corrected chi connectivity index (χ0v) is 8.63. The third-order valence-electron chi connectivity index (χ3n) is 2.88. The molecule has 3 rings (SSSR count). The van der Waals surface area contributed by atoms with Gasteiger partial charge in [-0.3, -0.25) is 0 Å². The smallest absolute Gasteiger partial charge is 0.209 e. The lowest BCUT2D eigenvalue weighted by Gasteiger charge is -2.20. The maximum atomic E-state index is 10.3. The lowest BCUT2D eigenvalue weighted by Crippen LogP contribution is -2.26. The zero-order chi connectivity index (χ0) is 11.2. The standard InChI is InChI=1S/C10H12N4O2/c11-9-7-2-3-8(14(7)13-6-12-9)10(15)4-1-5-16-10/h2-3,6,15H,1,4-5H2,(H2,11,12,13). The van der Waals surface area contributed by atoms with Crippen molar-refractivity contribution in [3.8, 4) is 0 Å².